The quantitative estimate of drug-likeness (QED) is 0.437. The van der Waals surface area contributed by atoms with E-state index in [-0.39, 0.29) is 0 Å². The van der Waals surface area contributed by atoms with E-state index in [1.165, 1.54) is 12.1 Å². The van der Waals surface area contributed by atoms with Crippen LogP contribution in [0.2, 0.25) is 0 Å². The lowest BCUT2D eigenvalue weighted by Crippen LogP contribution is -2.41. The number of hydrogen-bond acceptors (Lipinski definition) is 0. The van der Waals surface area contributed by atoms with Gasteiger partial charge in [0.05, 0.1) is 27.2 Å². The van der Waals surface area contributed by atoms with Crippen molar-refractivity contribution in [1.82, 2.24) is 0 Å². The highest BCUT2D eigenvalue weighted by Crippen LogP contribution is 2.04. The van der Waals surface area contributed by atoms with Gasteiger partial charge >= 0.3 is 0 Å². The van der Waals surface area contributed by atoms with Crippen LogP contribution in [-0.2, 0) is 0 Å². The van der Waals surface area contributed by atoms with Crippen LogP contribution >= 0.6 is 0 Å². The normalized spacial score (nSPS) is 12.3. The molecule has 12 heavy (non-hydrogen) atoms. The van der Waals surface area contributed by atoms with E-state index < -0.39 is 0 Å². The van der Waals surface area contributed by atoms with Crippen LogP contribution in [0.5, 0.6) is 0 Å². The lowest BCUT2D eigenvalue weighted by Gasteiger charge is -2.29. The highest BCUT2D eigenvalue weighted by Gasteiger charge is 2.12. The molecule has 1 heteroatoms. The fourth-order valence-electron chi connectivity index (χ4n) is 1.40. The SMILES string of the molecule is C=C(C)C[N+](C)(C)CCC=CC. The summed E-state index contributed by atoms with van der Waals surface area (Å²) in [6.07, 6.45) is 5.50. The second-order valence-electron chi connectivity index (χ2n) is 4.13. The lowest BCUT2D eigenvalue weighted by atomic mass is 10.2. The van der Waals surface area contributed by atoms with E-state index in [1.54, 1.807) is 0 Å². The third-order valence-electron chi connectivity index (χ3n) is 1.83. The van der Waals surface area contributed by atoms with Gasteiger partial charge in [0.25, 0.3) is 0 Å². The fraction of sp³-hybridized carbons (Fsp3) is 0.636. The summed E-state index contributed by atoms with van der Waals surface area (Å²) in [7, 11) is 4.50. The van der Waals surface area contributed by atoms with E-state index in [4.69, 9.17) is 0 Å². The minimum Gasteiger partial charge on any atom is -0.325 e. The first kappa shape index (κ1) is 11.4. The molecule has 0 aromatic heterocycles. The summed E-state index contributed by atoms with van der Waals surface area (Å²) in [6.45, 7) is 10.4. The van der Waals surface area contributed by atoms with Gasteiger partial charge in [-0.1, -0.05) is 18.7 Å². The van der Waals surface area contributed by atoms with Crippen molar-refractivity contribution in [2.75, 3.05) is 27.2 Å². The molecule has 0 radical (unpaired) electrons. The molecular formula is C11H22N+. The van der Waals surface area contributed by atoms with Gasteiger partial charge in [-0.2, -0.15) is 0 Å². The minimum absolute atomic E-state index is 1.04. The highest BCUT2D eigenvalue weighted by molar-refractivity contribution is 4.87. The van der Waals surface area contributed by atoms with Crippen LogP contribution in [0, 0.1) is 0 Å². The zero-order valence-electron chi connectivity index (χ0n) is 8.93. The van der Waals surface area contributed by atoms with Gasteiger partial charge in [-0.15, -0.1) is 0 Å². The van der Waals surface area contributed by atoms with Crippen LogP contribution < -0.4 is 0 Å². The Morgan fingerprint density at radius 2 is 2.00 bits per heavy atom. The summed E-state index contributed by atoms with van der Waals surface area (Å²) in [6, 6.07) is 0. The predicted octanol–water partition coefficient (Wildman–Crippen LogP) is 2.61. The summed E-state index contributed by atoms with van der Waals surface area (Å²) >= 11 is 0. The number of nitrogens with zero attached hydrogens (tertiary/aromatic N) is 1. The second-order valence-corrected chi connectivity index (χ2v) is 4.13. The van der Waals surface area contributed by atoms with Crippen LogP contribution in [-0.4, -0.2) is 31.7 Å². The first-order chi connectivity index (χ1) is 5.48. The number of rotatable bonds is 5. The van der Waals surface area contributed by atoms with Crippen LogP contribution in [0.3, 0.4) is 0 Å². The molecule has 0 heterocycles. The molecule has 0 bridgehead atoms. The average Bonchev–Trinajstić information content (AvgIpc) is 1.84. The smallest absolute Gasteiger partial charge is 0.0993 e. The Balaban J connectivity index is 3.78. The van der Waals surface area contributed by atoms with Crippen LogP contribution in [0.25, 0.3) is 0 Å². The molecule has 0 aromatic carbocycles. The minimum atomic E-state index is 1.04. The van der Waals surface area contributed by atoms with Crippen molar-refractivity contribution < 1.29 is 4.48 Å². The van der Waals surface area contributed by atoms with E-state index in [0.717, 1.165) is 17.4 Å². The predicted molar refractivity (Wildman–Crippen MR) is 56.1 cm³/mol. The Labute approximate surface area is 77.0 Å². The maximum absolute atomic E-state index is 3.93. The monoisotopic (exact) mass is 168 g/mol. The summed E-state index contributed by atoms with van der Waals surface area (Å²) in [5.41, 5.74) is 1.26. The summed E-state index contributed by atoms with van der Waals surface area (Å²) in [4.78, 5) is 0. The molecule has 0 N–H and O–H groups in total. The van der Waals surface area contributed by atoms with Crippen molar-refractivity contribution in [3.63, 3.8) is 0 Å². The van der Waals surface area contributed by atoms with Crippen LogP contribution in [0.4, 0.5) is 0 Å². The molecule has 70 valence electrons. The molecule has 0 atom stereocenters. The molecule has 0 aliphatic heterocycles. The van der Waals surface area contributed by atoms with E-state index in [9.17, 15) is 0 Å². The molecule has 0 fully saturated rings. The molecule has 0 aromatic rings. The molecule has 0 aliphatic rings. The van der Waals surface area contributed by atoms with E-state index >= 15 is 0 Å². The van der Waals surface area contributed by atoms with Gasteiger partial charge in [-0.05, 0) is 19.4 Å². The molecule has 0 spiro atoms. The van der Waals surface area contributed by atoms with Crippen molar-refractivity contribution in [2.45, 2.75) is 20.3 Å². The van der Waals surface area contributed by atoms with Gasteiger partial charge in [0, 0.05) is 6.42 Å². The summed E-state index contributed by atoms with van der Waals surface area (Å²) in [5.74, 6) is 0. The first-order valence-corrected chi connectivity index (χ1v) is 4.55. The first-order valence-electron chi connectivity index (χ1n) is 4.55. The average molecular weight is 168 g/mol. The van der Waals surface area contributed by atoms with E-state index in [0.29, 0.717) is 0 Å². The van der Waals surface area contributed by atoms with Gasteiger partial charge in [-0.25, -0.2) is 0 Å². The van der Waals surface area contributed by atoms with Gasteiger partial charge in [0.15, 0.2) is 0 Å². The molecule has 0 aliphatic carbocycles. The zero-order valence-corrected chi connectivity index (χ0v) is 8.93. The molecular weight excluding hydrogens is 146 g/mol. The van der Waals surface area contributed by atoms with Crippen molar-refractivity contribution in [1.29, 1.82) is 0 Å². The molecule has 0 unspecified atom stereocenters. The van der Waals surface area contributed by atoms with E-state index in [2.05, 4.69) is 46.7 Å². The molecule has 1 nitrogen and oxygen atoms in total. The third kappa shape index (κ3) is 6.17. The number of allylic oxidation sites excluding steroid dienone is 1. The van der Waals surface area contributed by atoms with E-state index in [1.807, 2.05) is 0 Å². The number of hydrogen-bond donors (Lipinski definition) is 0. The molecule has 0 saturated heterocycles. The lowest BCUT2D eigenvalue weighted by molar-refractivity contribution is -0.885. The molecule has 0 saturated carbocycles. The van der Waals surface area contributed by atoms with Crippen molar-refractivity contribution in [3.8, 4) is 0 Å². The van der Waals surface area contributed by atoms with Gasteiger partial charge in [0.1, 0.15) is 0 Å². The topological polar surface area (TPSA) is 0 Å². The summed E-state index contributed by atoms with van der Waals surface area (Å²) < 4.78 is 1.04. The van der Waals surface area contributed by atoms with Gasteiger partial charge in [0.2, 0.25) is 0 Å². The Hall–Kier alpha value is -0.560. The van der Waals surface area contributed by atoms with Crippen LogP contribution in [0.1, 0.15) is 20.3 Å². The largest absolute Gasteiger partial charge is 0.325 e. The van der Waals surface area contributed by atoms with Gasteiger partial charge in [-0.3, -0.25) is 0 Å². The zero-order chi connectivity index (χ0) is 9.61. The molecule has 0 rings (SSSR count). The Kier molecular flexibility index (Phi) is 4.91. The Morgan fingerprint density at radius 1 is 1.42 bits per heavy atom. The van der Waals surface area contributed by atoms with Crippen molar-refractivity contribution in [2.24, 2.45) is 0 Å². The Bertz CT molecular complexity index is 166. The highest BCUT2D eigenvalue weighted by atomic mass is 15.3. The standard InChI is InChI=1S/C11H22N/c1-6-7-8-9-12(4,5)10-11(2)3/h6-7H,2,8-10H2,1,3-5H3/q+1. The third-order valence-corrected chi connectivity index (χ3v) is 1.83. The Morgan fingerprint density at radius 3 is 2.42 bits per heavy atom. The van der Waals surface area contributed by atoms with Crippen LogP contribution in [0.15, 0.2) is 24.3 Å². The molecule has 0 amide bonds. The summed E-state index contributed by atoms with van der Waals surface area (Å²) in [5, 5.41) is 0. The number of likely N-dealkylation sites (N-methyl/N-ethyl adjacent to an activating group) is 1. The maximum Gasteiger partial charge on any atom is 0.0993 e. The maximum atomic E-state index is 3.93. The fourth-order valence-corrected chi connectivity index (χ4v) is 1.40. The number of quaternary nitrogens is 1. The van der Waals surface area contributed by atoms with Gasteiger partial charge < -0.3 is 4.48 Å². The second kappa shape index (κ2) is 5.15. The van der Waals surface area contributed by atoms with Crippen molar-refractivity contribution in [3.05, 3.63) is 24.3 Å². The van der Waals surface area contributed by atoms with Crippen molar-refractivity contribution >= 4 is 0 Å².